The molecule has 2 aromatic rings. The van der Waals surface area contributed by atoms with Crippen molar-refractivity contribution in [2.75, 3.05) is 26.2 Å². The van der Waals surface area contributed by atoms with Gasteiger partial charge in [0.2, 0.25) is 5.91 Å². The zero-order valence-corrected chi connectivity index (χ0v) is 16.9. The number of nitrogens with zero attached hydrogens (tertiary/aromatic N) is 2. The molecule has 3 amide bonds. The van der Waals surface area contributed by atoms with Gasteiger partial charge in [0.1, 0.15) is 12.3 Å². The Labute approximate surface area is 171 Å². The van der Waals surface area contributed by atoms with E-state index in [4.69, 9.17) is 9.15 Å². The monoisotopic (exact) mass is 399 g/mol. The number of furan rings is 1. The lowest BCUT2D eigenvalue weighted by molar-refractivity contribution is -0.133. The SMILES string of the molecule is CCNC(=O)N(CC(=O)N(Cc1ccccc1)Cc1ccco1)C[C@H]1CCCO1. The van der Waals surface area contributed by atoms with Crippen molar-refractivity contribution in [1.82, 2.24) is 15.1 Å². The number of carbonyl (C=O) groups excluding carboxylic acids is 2. The van der Waals surface area contributed by atoms with Crippen LogP contribution in [0.1, 0.15) is 31.1 Å². The van der Waals surface area contributed by atoms with Crippen LogP contribution in [0.2, 0.25) is 0 Å². The summed E-state index contributed by atoms with van der Waals surface area (Å²) >= 11 is 0. The quantitative estimate of drug-likeness (QED) is 0.703. The van der Waals surface area contributed by atoms with Gasteiger partial charge < -0.3 is 24.3 Å². The molecule has 1 fully saturated rings. The van der Waals surface area contributed by atoms with Crippen molar-refractivity contribution >= 4 is 11.9 Å². The average molecular weight is 399 g/mol. The van der Waals surface area contributed by atoms with Gasteiger partial charge in [0.05, 0.1) is 18.9 Å². The van der Waals surface area contributed by atoms with Crippen LogP contribution < -0.4 is 5.32 Å². The largest absolute Gasteiger partial charge is 0.467 e. The van der Waals surface area contributed by atoms with Crippen LogP contribution in [0.3, 0.4) is 0 Å². The number of benzene rings is 1. The molecular weight excluding hydrogens is 370 g/mol. The number of amides is 3. The molecule has 3 rings (SSSR count). The molecule has 29 heavy (non-hydrogen) atoms. The van der Waals surface area contributed by atoms with Gasteiger partial charge >= 0.3 is 6.03 Å². The summed E-state index contributed by atoms with van der Waals surface area (Å²) in [6, 6.07) is 13.2. The molecule has 1 aliphatic heterocycles. The van der Waals surface area contributed by atoms with Crippen molar-refractivity contribution < 1.29 is 18.7 Å². The highest BCUT2D eigenvalue weighted by molar-refractivity contribution is 5.84. The van der Waals surface area contributed by atoms with Crippen LogP contribution in [0, 0.1) is 0 Å². The molecule has 0 bridgehead atoms. The van der Waals surface area contributed by atoms with Crippen molar-refractivity contribution in [3.05, 3.63) is 60.1 Å². The fourth-order valence-electron chi connectivity index (χ4n) is 3.41. The summed E-state index contributed by atoms with van der Waals surface area (Å²) < 4.78 is 11.1. The predicted octanol–water partition coefficient (Wildman–Crippen LogP) is 3.02. The van der Waals surface area contributed by atoms with Gasteiger partial charge in [-0.05, 0) is 37.5 Å². The number of rotatable bonds is 9. The third kappa shape index (κ3) is 6.35. The Kier molecular flexibility index (Phi) is 7.69. The molecule has 1 atom stereocenters. The zero-order valence-electron chi connectivity index (χ0n) is 16.9. The van der Waals surface area contributed by atoms with E-state index in [1.54, 1.807) is 22.1 Å². The van der Waals surface area contributed by atoms with E-state index in [2.05, 4.69) is 5.32 Å². The summed E-state index contributed by atoms with van der Waals surface area (Å²) in [4.78, 5) is 29.0. The lowest BCUT2D eigenvalue weighted by Gasteiger charge is -2.29. The molecule has 7 nitrogen and oxygen atoms in total. The summed E-state index contributed by atoms with van der Waals surface area (Å²) in [6.07, 6.45) is 3.47. The second kappa shape index (κ2) is 10.7. The van der Waals surface area contributed by atoms with Crippen molar-refractivity contribution in [2.45, 2.75) is 39.0 Å². The number of hydrogen-bond donors (Lipinski definition) is 1. The Morgan fingerprint density at radius 2 is 1.93 bits per heavy atom. The molecule has 1 saturated heterocycles. The first-order valence-corrected chi connectivity index (χ1v) is 10.1. The summed E-state index contributed by atoms with van der Waals surface area (Å²) in [5, 5.41) is 2.80. The van der Waals surface area contributed by atoms with E-state index in [-0.39, 0.29) is 24.6 Å². The highest BCUT2D eigenvalue weighted by Gasteiger charge is 2.26. The summed E-state index contributed by atoms with van der Waals surface area (Å²) in [7, 11) is 0. The van der Waals surface area contributed by atoms with Gasteiger partial charge in [0.15, 0.2) is 0 Å². The molecule has 1 aromatic heterocycles. The van der Waals surface area contributed by atoms with E-state index in [1.165, 1.54) is 0 Å². The fourth-order valence-corrected chi connectivity index (χ4v) is 3.41. The molecular formula is C22H29N3O4. The Hall–Kier alpha value is -2.80. The molecule has 0 saturated carbocycles. The van der Waals surface area contributed by atoms with Gasteiger partial charge in [-0.25, -0.2) is 4.79 Å². The van der Waals surface area contributed by atoms with Gasteiger partial charge in [-0.15, -0.1) is 0 Å². The van der Waals surface area contributed by atoms with Gasteiger partial charge in [-0.1, -0.05) is 30.3 Å². The van der Waals surface area contributed by atoms with Gasteiger partial charge in [-0.3, -0.25) is 4.79 Å². The maximum Gasteiger partial charge on any atom is 0.317 e. The van der Waals surface area contributed by atoms with Crippen LogP contribution >= 0.6 is 0 Å². The number of urea groups is 1. The number of nitrogens with one attached hydrogen (secondary N) is 1. The van der Waals surface area contributed by atoms with E-state index in [9.17, 15) is 9.59 Å². The van der Waals surface area contributed by atoms with Crippen LogP contribution in [-0.4, -0.2) is 54.1 Å². The van der Waals surface area contributed by atoms with E-state index in [0.717, 1.165) is 18.4 Å². The van der Waals surface area contributed by atoms with Gasteiger partial charge in [0.25, 0.3) is 0 Å². The first-order chi connectivity index (χ1) is 14.2. The van der Waals surface area contributed by atoms with Crippen molar-refractivity contribution in [3.63, 3.8) is 0 Å². The topological polar surface area (TPSA) is 75.0 Å². The molecule has 7 heteroatoms. The second-order valence-electron chi connectivity index (χ2n) is 7.17. The first-order valence-electron chi connectivity index (χ1n) is 10.1. The second-order valence-corrected chi connectivity index (χ2v) is 7.17. The predicted molar refractivity (Wildman–Crippen MR) is 109 cm³/mol. The third-order valence-electron chi connectivity index (χ3n) is 4.89. The number of hydrogen-bond acceptors (Lipinski definition) is 4. The summed E-state index contributed by atoms with van der Waals surface area (Å²) in [5.74, 6) is 0.576. The Morgan fingerprint density at radius 3 is 2.59 bits per heavy atom. The first kappa shape index (κ1) is 20.9. The minimum Gasteiger partial charge on any atom is -0.467 e. The molecule has 0 spiro atoms. The van der Waals surface area contributed by atoms with E-state index in [0.29, 0.717) is 38.5 Å². The van der Waals surface area contributed by atoms with Crippen molar-refractivity contribution in [3.8, 4) is 0 Å². The standard InChI is InChI=1S/C22H29N3O4/c1-2-23-22(27)25(16-20-11-7-13-29-20)17-21(26)24(15-19-10-6-12-28-19)14-18-8-4-3-5-9-18/h3-6,8-10,12,20H,2,7,11,13-17H2,1H3,(H,23,27)/t20-/m1/s1. The lowest BCUT2D eigenvalue weighted by Crippen LogP contribution is -2.49. The van der Waals surface area contributed by atoms with E-state index >= 15 is 0 Å². The third-order valence-corrected chi connectivity index (χ3v) is 4.89. The molecule has 1 aliphatic rings. The molecule has 156 valence electrons. The number of carbonyl (C=O) groups is 2. The molecule has 0 radical (unpaired) electrons. The maximum atomic E-state index is 13.2. The summed E-state index contributed by atoms with van der Waals surface area (Å²) in [5.41, 5.74) is 1.02. The molecule has 0 aliphatic carbocycles. The van der Waals surface area contributed by atoms with Gasteiger partial charge in [-0.2, -0.15) is 0 Å². The van der Waals surface area contributed by atoms with E-state index < -0.39 is 0 Å². The van der Waals surface area contributed by atoms with Crippen molar-refractivity contribution in [2.24, 2.45) is 0 Å². The van der Waals surface area contributed by atoms with Crippen LogP contribution in [0.5, 0.6) is 0 Å². The number of ether oxygens (including phenoxy) is 1. The zero-order chi connectivity index (χ0) is 20.5. The molecule has 1 N–H and O–H groups in total. The highest BCUT2D eigenvalue weighted by atomic mass is 16.5. The Balaban J connectivity index is 1.71. The minimum atomic E-state index is -0.242. The van der Waals surface area contributed by atoms with Gasteiger partial charge in [0, 0.05) is 26.2 Å². The average Bonchev–Trinajstić information content (AvgIpc) is 3.42. The summed E-state index contributed by atoms with van der Waals surface area (Å²) in [6.45, 7) is 4.29. The highest BCUT2D eigenvalue weighted by Crippen LogP contribution is 2.15. The van der Waals surface area contributed by atoms with Crippen LogP contribution in [-0.2, 0) is 22.6 Å². The van der Waals surface area contributed by atoms with Crippen LogP contribution in [0.15, 0.2) is 53.1 Å². The maximum absolute atomic E-state index is 13.2. The van der Waals surface area contributed by atoms with Crippen LogP contribution in [0.25, 0.3) is 0 Å². The Morgan fingerprint density at radius 1 is 1.10 bits per heavy atom. The normalized spacial score (nSPS) is 15.8. The fraction of sp³-hybridized carbons (Fsp3) is 0.455. The van der Waals surface area contributed by atoms with Crippen molar-refractivity contribution in [1.29, 1.82) is 0 Å². The Bertz CT molecular complexity index is 758. The van der Waals surface area contributed by atoms with Crippen LogP contribution in [0.4, 0.5) is 4.79 Å². The molecule has 0 unspecified atom stereocenters. The smallest absolute Gasteiger partial charge is 0.317 e. The van der Waals surface area contributed by atoms with E-state index in [1.807, 2.05) is 43.3 Å². The molecule has 1 aromatic carbocycles. The molecule has 2 heterocycles. The minimum absolute atomic E-state index is 0.000758. The lowest BCUT2D eigenvalue weighted by atomic mass is 10.2.